The van der Waals surface area contributed by atoms with Crippen LogP contribution in [0, 0.1) is 11.3 Å². The number of carbonyl (C=O) groups is 2. The number of aliphatic carboxylic acids is 1. The molecule has 0 aromatic rings. The van der Waals surface area contributed by atoms with E-state index in [1.807, 2.05) is 0 Å². The quantitative estimate of drug-likeness (QED) is 0.690. The molecule has 0 aliphatic carbocycles. The lowest BCUT2D eigenvalue weighted by Crippen LogP contribution is -2.67. The van der Waals surface area contributed by atoms with Crippen LogP contribution in [0.25, 0.3) is 0 Å². The molecule has 3 saturated heterocycles. The Morgan fingerprint density at radius 3 is 2.95 bits per heavy atom. The van der Waals surface area contributed by atoms with Crippen LogP contribution in [0.15, 0.2) is 12.7 Å². The molecule has 3 aliphatic heterocycles. The third-order valence-corrected chi connectivity index (χ3v) is 4.63. The molecule has 2 atom stereocenters. The lowest BCUT2D eigenvalue weighted by Gasteiger charge is -2.49. The topological polar surface area (TPSA) is 88.1 Å². The van der Waals surface area contributed by atoms with E-state index in [1.165, 1.54) is 6.08 Å². The number of carboxylic acid groups (broad SMARTS) is 1. The van der Waals surface area contributed by atoms with Gasteiger partial charge in [0.2, 0.25) is 0 Å². The summed E-state index contributed by atoms with van der Waals surface area (Å²) in [6, 6.07) is 0. The Balaban J connectivity index is 1.67. The summed E-state index contributed by atoms with van der Waals surface area (Å²) in [7, 11) is 0. The third-order valence-electron chi connectivity index (χ3n) is 4.63. The second-order valence-electron chi connectivity index (χ2n) is 5.72. The highest BCUT2D eigenvalue weighted by atomic mass is 16.6. The van der Waals surface area contributed by atoms with E-state index in [-0.39, 0.29) is 19.1 Å². The average molecular weight is 282 g/mol. The Kier molecular flexibility index (Phi) is 2.98. The highest BCUT2D eigenvalue weighted by Gasteiger charge is 2.68. The summed E-state index contributed by atoms with van der Waals surface area (Å²) in [6.45, 7) is 5.69. The van der Waals surface area contributed by atoms with Crippen molar-refractivity contribution in [2.45, 2.75) is 5.60 Å². The van der Waals surface area contributed by atoms with Crippen LogP contribution >= 0.6 is 0 Å². The van der Waals surface area contributed by atoms with Crippen molar-refractivity contribution in [3.05, 3.63) is 12.7 Å². The molecular weight excluding hydrogens is 264 g/mol. The highest BCUT2D eigenvalue weighted by molar-refractivity contribution is 5.77. The summed E-state index contributed by atoms with van der Waals surface area (Å²) in [5.74, 6) is -0.923. The summed E-state index contributed by atoms with van der Waals surface area (Å²) in [4.78, 5) is 24.8. The fraction of sp³-hybridized carbons (Fsp3) is 0.692. The number of likely N-dealkylation sites (tertiary alicyclic amines) is 1. The van der Waals surface area contributed by atoms with Crippen LogP contribution in [0.5, 0.6) is 0 Å². The summed E-state index contributed by atoms with van der Waals surface area (Å²) >= 11 is 0. The van der Waals surface area contributed by atoms with Gasteiger partial charge in [-0.3, -0.25) is 4.79 Å². The molecule has 1 spiro atoms. The number of amides is 1. The van der Waals surface area contributed by atoms with E-state index in [0.717, 1.165) is 0 Å². The molecule has 7 heteroatoms. The summed E-state index contributed by atoms with van der Waals surface area (Å²) in [5.41, 5.74) is -1.38. The third kappa shape index (κ3) is 1.66. The molecule has 3 fully saturated rings. The van der Waals surface area contributed by atoms with Crippen molar-refractivity contribution in [2.24, 2.45) is 11.3 Å². The van der Waals surface area contributed by atoms with Gasteiger partial charge in [-0.2, -0.15) is 0 Å². The first-order valence-corrected chi connectivity index (χ1v) is 6.65. The fourth-order valence-electron chi connectivity index (χ4n) is 3.52. The maximum absolute atomic E-state index is 11.7. The van der Waals surface area contributed by atoms with Gasteiger partial charge in [0.05, 0.1) is 19.7 Å². The van der Waals surface area contributed by atoms with Crippen molar-refractivity contribution in [3.63, 3.8) is 0 Å². The smallest absolute Gasteiger partial charge is 0.410 e. The Morgan fingerprint density at radius 1 is 1.55 bits per heavy atom. The van der Waals surface area contributed by atoms with Crippen molar-refractivity contribution in [3.8, 4) is 0 Å². The van der Waals surface area contributed by atoms with Crippen LogP contribution in [-0.2, 0) is 14.3 Å². The molecule has 0 aromatic carbocycles. The van der Waals surface area contributed by atoms with E-state index in [9.17, 15) is 14.7 Å². The monoisotopic (exact) mass is 282 g/mol. The predicted molar refractivity (Wildman–Crippen MR) is 68.2 cm³/mol. The fourth-order valence-corrected chi connectivity index (χ4v) is 3.52. The number of carbonyl (C=O) groups excluding carboxylic acids is 1. The lowest BCUT2D eigenvalue weighted by atomic mass is 9.69. The molecule has 110 valence electrons. The zero-order chi connectivity index (χ0) is 14.4. The van der Waals surface area contributed by atoms with Gasteiger partial charge in [-0.1, -0.05) is 12.7 Å². The van der Waals surface area contributed by atoms with Crippen molar-refractivity contribution in [1.82, 2.24) is 10.2 Å². The minimum atomic E-state index is -0.850. The molecule has 0 aromatic heterocycles. The Labute approximate surface area is 116 Å². The SMILES string of the molecule is C=CCOC(=O)N1CC2(C1)OC[C@@]1(C(=O)O)CNC[C@@H]21. The van der Waals surface area contributed by atoms with Crippen LogP contribution in [0.1, 0.15) is 0 Å². The highest BCUT2D eigenvalue weighted by Crippen LogP contribution is 2.51. The first-order chi connectivity index (χ1) is 9.54. The largest absolute Gasteiger partial charge is 0.481 e. The van der Waals surface area contributed by atoms with Gasteiger partial charge in [-0.25, -0.2) is 4.79 Å². The van der Waals surface area contributed by atoms with Gasteiger partial charge in [-0.05, 0) is 0 Å². The Hall–Kier alpha value is -1.60. The molecule has 3 aliphatic rings. The number of ether oxygens (including phenoxy) is 2. The number of carboxylic acids is 1. The second-order valence-corrected chi connectivity index (χ2v) is 5.72. The molecule has 3 heterocycles. The van der Waals surface area contributed by atoms with Crippen molar-refractivity contribution >= 4 is 12.1 Å². The first-order valence-electron chi connectivity index (χ1n) is 6.65. The number of rotatable bonds is 3. The molecule has 0 saturated carbocycles. The average Bonchev–Trinajstić information content (AvgIpc) is 2.91. The molecule has 2 N–H and O–H groups in total. The molecule has 0 radical (unpaired) electrons. The van der Waals surface area contributed by atoms with Crippen molar-refractivity contribution < 1.29 is 24.2 Å². The van der Waals surface area contributed by atoms with Crippen LogP contribution in [0.4, 0.5) is 4.79 Å². The zero-order valence-electron chi connectivity index (χ0n) is 11.1. The van der Waals surface area contributed by atoms with E-state index >= 15 is 0 Å². The van der Waals surface area contributed by atoms with Gasteiger partial charge in [-0.15, -0.1) is 0 Å². The predicted octanol–water partition coefficient (Wildman–Crippen LogP) is -0.316. The van der Waals surface area contributed by atoms with Crippen LogP contribution in [0.2, 0.25) is 0 Å². The number of hydrogen-bond donors (Lipinski definition) is 2. The van der Waals surface area contributed by atoms with Gasteiger partial charge >= 0.3 is 12.1 Å². The summed E-state index contributed by atoms with van der Waals surface area (Å²) in [5, 5.41) is 12.6. The first kappa shape index (κ1) is 13.4. The molecule has 7 nitrogen and oxygen atoms in total. The Morgan fingerprint density at radius 2 is 2.30 bits per heavy atom. The van der Waals surface area contributed by atoms with E-state index in [4.69, 9.17) is 9.47 Å². The van der Waals surface area contributed by atoms with E-state index in [1.54, 1.807) is 4.90 Å². The Bertz CT molecular complexity index is 460. The molecule has 0 bridgehead atoms. The zero-order valence-corrected chi connectivity index (χ0v) is 11.1. The molecule has 1 amide bonds. The summed E-state index contributed by atoms with van der Waals surface area (Å²) in [6.07, 6.45) is 1.11. The standard InChI is InChI=1S/C13H18N2O5/c1-2-3-19-11(18)15-6-13(7-15)9-4-14-5-12(9,8-20-13)10(16)17/h2,9,14H,1,3-8H2,(H,16,17)/t9-,12+/m1/s1. The molecular formula is C13H18N2O5. The van der Waals surface area contributed by atoms with Gasteiger partial charge in [0, 0.05) is 19.0 Å². The van der Waals surface area contributed by atoms with Gasteiger partial charge in [0.25, 0.3) is 0 Å². The van der Waals surface area contributed by atoms with E-state index in [2.05, 4.69) is 11.9 Å². The number of nitrogens with one attached hydrogen (secondary N) is 1. The van der Waals surface area contributed by atoms with Gasteiger partial charge in [0.1, 0.15) is 17.6 Å². The lowest BCUT2D eigenvalue weighted by molar-refractivity contribution is -0.149. The normalized spacial score (nSPS) is 33.6. The van der Waals surface area contributed by atoms with Crippen LogP contribution in [-0.4, -0.2) is 67.1 Å². The minimum Gasteiger partial charge on any atom is -0.481 e. The van der Waals surface area contributed by atoms with Gasteiger partial charge in [0.15, 0.2) is 0 Å². The summed E-state index contributed by atoms with van der Waals surface area (Å²) < 4.78 is 10.8. The van der Waals surface area contributed by atoms with Crippen LogP contribution in [0.3, 0.4) is 0 Å². The number of hydrogen-bond acceptors (Lipinski definition) is 5. The second kappa shape index (κ2) is 4.46. The van der Waals surface area contributed by atoms with Gasteiger partial charge < -0.3 is 24.8 Å². The maximum Gasteiger partial charge on any atom is 0.410 e. The molecule has 3 rings (SSSR count). The molecule has 20 heavy (non-hydrogen) atoms. The number of nitrogens with zero attached hydrogens (tertiary/aromatic N) is 1. The van der Waals surface area contributed by atoms with Crippen LogP contribution < -0.4 is 5.32 Å². The van der Waals surface area contributed by atoms with E-state index < -0.39 is 23.1 Å². The maximum atomic E-state index is 11.7. The molecule has 0 unspecified atom stereocenters. The number of fused-ring (bicyclic) bond motifs is 2. The van der Waals surface area contributed by atoms with Crippen molar-refractivity contribution in [1.29, 1.82) is 0 Å². The van der Waals surface area contributed by atoms with Crippen molar-refractivity contribution in [2.75, 3.05) is 39.4 Å². The van der Waals surface area contributed by atoms with E-state index in [0.29, 0.717) is 26.2 Å². The minimum absolute atomic E-state index is 0.101.